The SMILES string of the molecule is CC(c1ccnc(Cc2nc3ccc(-c4cc(N5CCCC5)ncn4)cc3[nH]2)c1)N1CCNCC1. The van der Waals surface area contributed by atoms with Gasteiger partial charge in [-0.15, -0.1) is 0 Å². The lowest BCUT2D eigenvalue weighted by Gasteiger charge is -2.33. The summed E-state index contributed by atoms with van der Waals surface area (Å²) in [5, 5.41) is 3.43. The smallest absolute Gasteiger partial charge is 0.132 e. The molecular formula is C27H32N8. The molecule has 3 aromatic heterocycles. The van der Waals surface area contributed by atoms with Crippen LogP contribution >= 0.6 is 0 Å². The molecule has 0 radical (unpaired) electrons. The molecule has 180 valence electrons. The maximum Gasteiger partial charge on any atom is 0.132 e. The van der Waals surface area contributed by atoms with Gasteiger partial charge in [0.25, 0.3) is 0 Å². The third kappa shape index (κ3) is 4.76. The van der Waals surface area contributed by atoms with E-state index in [1.54, 1.807) is 6.33 Å². The Hall–Kier alpha value is -3.36. The number of piperazine rings is 1. The number of rotatable bonds is 6. The first-order valence-electron chi connectivity index (χ1n) is 12.7. The van der Waals surface area contributed by atoms with Crippen LogP contribution in [0.25, 0.3) is 22.3 Å². The predicted molar refractivity (Wildman–Crippen MR) is 138 cm³/mol. The van der Waals surface area contributed by atoms with Crippen molar-refractivity contribution in [1.82, 2.24) is 35.1 Å². The first kappa shape index (κ1) is 22.1. The number of fused-ring (bicyclic) bond motifs is 1. The fourth-order valence-corrected chi connectivity index (χ4v) is 5.23. The van der Waals surface area contributed by atoms with E-state index in [0.717, 1.165) is 78.9 Å². The summed E-state index contributed by atoms with van der Waals surface area (Å²) < 4.78 is 0. The number of imidazole rings is 1. The molecule has 0 aliphatic carbocycles. The van der Waals surface area contributed by atoms with Gasteiger partial charge in [0.05, 0.1) is 16.7 Å². The number of hydrogen-bond donors (Lipinski definition) is 2. The minimum atomic E-state index is 0.385. The highest BCUT2D eigenvalue weighted by atomic mass is 15.2. The lowest BCUT2D eigenvalue weighted by atomic mass is 10.1. The zero-order valence-corrected chi connectivity index (χ0v) is 20.2. The van der Waals surface area contributed by atoms with E-state index >= 15 is 0 Å². The van der Waals surface area contributed by atoms with E-state index in [1.165, 1.54) is 18.4 Å². The molecule has 0 bridgehead atoms. The second-order valence-electron chi connectivity index (χ2n) is 9.59. The summed E-state index contributed by atoms with van der Waals surface area (Å²) in [7, 11) is 0. The molecule has 6 rings (SSSR count). The van der Waals surface area contributed by atoms with Crippen LogP contribution in [0.2, 0.25) is 0 Å². The summed E-state index contributed by atoms with van der Waals surface area (Å²) in [6, 6.07) is 13.1. The van der Waals surface area contributed by atoms with Gasteiger partial charge in [0.15, 0.2) is 0 Å². The lowest BCUT2D eigenvalue weighted by Crippen LogP contribution is -2.44. The number of hydrogen-bond acceptors (Lipinski definition) is 7. The van der Waals surface area contributed by atoms with E-state index < -0.39 is 0 Å². The second-order valence-corrected chi connectivity index (χ2v) is 9.59. The average Bonchev–Trinajstić information content (AvgIpc) is 3.59. The normalized spacial score (nSPS) is 17.8. The third-order valence-corrected chi connectivity index (χ3v) is 7.28. The Balaban J connectivity index is 1.21. The quantitative estimate of drug-likeness (QED) is 0.447. The van der Waals surface area contributed by atoms with Crippen LogP contribution in [-0.2, 0) is 6.42 Å². The highest BCUT2D eigenvalue weighted by Gasteiger charge is 2.19. The summed E-state index contributed by atoms with van der Waals surface area (Å²) in [6.45, 7) is 8.70. The van der Waals surface area contributed by atoms with E-state index in [2.05, 4.69) is 78.4 Å². The topological polar surface area (TPSA) is 85.9 Å². The van der Waals surface area contributed by atoms with Crippen molar-refractivity contribution in [2.24, 2.45) is 0 Å². The molecule has 4 aromatic rings. The Labute approximate surface area is 205 Å². The molecule has 5 heterocycles. The molecule has 2 aliphatic rings. The number of pyridine rings is 1. The third-order valence-electron chi connectivity index (χ3n) is 7.28. The highest BCUT2D eigenvalue weighted by molar-refractivity contribution is 5.81. The summed E-state index contributed by atoms with van der Waals surface area (Å²) >= 11 is 0. The van der Waals surface area contributed by atoms with Gasteiger partial charge in [-0.1, -0.05) is 6.07 Å². The van der Waals surface area contributed by atoms with Crippen molar-refractivity contribution in [1.29, 1.82) is 0 Å². The molecule has 8 heteroatoms. The molecule has 1 atom stereocenters. The van der Waals surface area contributed by atoms with Crippen molar-refractivity contribution >= 4 is 16.9 Å². The molecule has 0 amide bonds. The zero-order valence-electron chi connectivity index (χ0n) is 20.2. The molecule has 8 nitrogen and oxygen atoms in total. The second kappa shape index (κ2) is 9.71. The maximum atomic E-state index is 4.83. The molecule has 35 heavy (non-hydrogen) atoms. The Kier molecular flexibility index (Phi) is 6.14. The lowest BCUT2D eigenvalue weighted by molar-refractivity contribution is 0.185. The van der Waals surface area contributed by atoms with Crippen LogP contribution in [0.1, 0.15) is 42.9 Å². The molecule has 2 fully saturated rings. The van der Waals surface area contributed by atoms with Crippen molar-refractivity contribution in [3.05, 3.63) is 66.0 Å². The van der Waals surface area contributed by atoms with Gasteiger partial charge in [-0.25, -0.2) is 15.0 Å². The van der Waals surface area contributed by atoms with Crippen LogP contribution in [0.3, 0.4) is 0 Å². The van der Waals surface area contributed by atoms with Crippen LogP contribution in [0, 0.1) is 0 Å². The van der Waals surface area contributed by atoms with Crippen molar-refractivity contribution < 1.29 is 0 Å². The zero-order chi connectivity index (χ0) is 23.6. The first-order chi connectivity index (χ1) is 17.2. The Morgan fingerprint density at radius 1 is 0.943 bits per heavy atom. The van der Waals surface area contributed by atoms with E-state index in [-0.39, 0.29) is 0 Å². The van der Waals surface area contributed by atoms with E-state index in [4.69, 9.17) is 4.98 Å². The Morgan fingerprint density at radius 2 is 1.80 bits per heavy atom. The number of H-pyrrole nitrogens is 1. The minimum Gasteiger partial charge on any atom is -0.357 e. The average molecular weight is 469 g/mol. The van der Waals surface area contributed by atoms with Crippen LogP contribution in [-0.4, -0.2) is 69.1 Å². The summed E-state index contributed by atoms with van der Waals surface area (Å²) in [5.74, 6) is 1.94. The van der Waals surface area contributed by atoms with Gasteiger partial charge in [0.2, 0.25) is 0 Å². The van der Waals surface area contributed by atoms with Gasteiger partial charge >= 0.3 is 0 Å². The Bertz CT molecular complexity index is 1300. The van der Waals surface area contributed by atoms with Gasteiger partial charge < -0.3 is 15.2 Å². The number of anilines is 1. The van der Waals surface area contributed by atoms with Gasteiger partial charge in [-0.2, -0.15) is 0 Å². The standard InChI is InChI=1S/C27H32N8/c1-19(34-12-8-28-9-13-34)20-6-7-29-22(14-20)16-26-32-23-5-4-21(15-25(23)33-26)24-17-27(31-18-30-24)35-10-2-3-11-35/h4-7,14-15,17-19,28H,2-3,8-13,16H2,1H3,(H,32,33). The Morgan fingerprint density at radius 3 is 2.66 bits per heavy atom. The molecule has 1 aromatic carbocycles. The van der Waals surface area contributed by atoms with Crippen molar-refractivity contribution in [3.63, 3.8) is 0 Å². The summed E-state index contributed by atoms with van der Waals surface area (Å²) in [6.07, 6.45) is 6.74. The fourth-order valence-electron chi connectivity index (χ4n) is 5.23. The molecule has 0 spiro atoms. The number of nitrogens with one attached hydrogen (secondary N) is 2. The highest BCUT2D eigenvalue weighted by Crippen LogP contribution is 2.26. The van der Waals surface area contributed by atoms with Gasteiger partial charge in [0, 0.05) is 75.3 Å². The number of nitrogens with zero attached hydrogens (tertiary/aromatic N) is 6. The molecule has 2 N–H and O–H groups in total. The van der Waals surface area contributed by atoms with Gasteiger partial charge in [-0.05, 0) is 49.6 Å². The van der Waals surface area contributed by atoms with Gasteiger partial charge in [-0.3, -0.25) is 9.88 Å². The van der Waals surface area contributed by atoms with Crippen molar-refractivity contribution in [2.45, 2.75) is 32.2 Å². The molecule has 2 aliphatic heterocycles. The number of benzene rings is 1. The summed E-state index contributed by atoms with van der Waals surface area (Å²) in [5.41, 5.74) is 6.34. The van der Waals surface area contributed by atoms with E-state index in [9.17, 15) is 0 Å². The minimum absolute atomic E-state index is 0.385. The van der Waals surface area contributed by atoms with Crippen molar-refractivity contribution in [2.75, 3.05) is 44.2 Å². The van der Waals surface area contributed by atoms with Crippen LogP contribution < -0.4 is 10.2 Å². The maximum absolute atomic E-state index is 4.83. The number of aromatic nitrogens is 5. The fraction of sp³-hybridized carbons (Fsp3) is 0.407. The predicted octanol–water partition coefficient (Wildman–Crippen LogP) is 3.57. The van der Waals surface area contributed by atoms with E-state index in [1.807, 2.05) is 6.20 Å². The van der Waals surface area contributed by atoms with Crippen LogP contribution in [0.4, 0.5) is 5.82 Å². The van der Waals surface area contributed by atoms with Crippen LogP contribution in [0.15, 0.2) is 48.9 Å². The first-order valence-corrected chi connectivity index (χ1v) is 12.7. The van der Waals surface area contributed by atoms with E-state index in [0.29, 0.717) is 12.5 Å². The monoisotopic (exact) mass is 468 g/mol. The van der Waals surface area contributed by atoms with Crippen LogP contribution in [0.5, 0.6) is 0 Å². The van der Waals surface area contributed by atoms with Gasteiger partial charge in [0.1, 0.15) is 18.0 Å². The molecular weight excluding hydrogens is 436 g/mol. The largest absolute Gasteiger partial charge is 0.357 e. The van der Waals surface area contributed by atoms with Crippen molar-refractivity contribution in [3.8, 4) is 11.3 Å². The molecule has 1 unspecified atom stereocenters. The molecule has 0 saturated carbocycles. The molecule has 2 saturated heterocycles. The summed E-state index contributed by atoms with van der Waals surface area (Å²) in [4.78, 5) is 26.9. The number of aromatic amines is 1.